The van der Waals surface area contributed by atoms with E-state index < -0.39 is 23.1 Å². The molecule has 1 aliphatic rings. The number of carbonyl (C=O) groups excluding carboxylic acids is 1. The number of nitro groups is 1. The lowest BCUT2D eigenvalue weighted by molar-refractivity contribution is -0.507. The predicted octanol–water partition coefficient (Wildman–Crippen LogP) is 0.985. The SMILES string of the molecule is CCOC(=O)CN(Cc1cccc(C#N)c1)C1=NC(SC)=NC(N)C1[N+](=O)[O-]. The van der Waals surface area contributed by atoms with Crippen molar-refractivity contribution in [3.8, 4) is 6.07 Å². The Morgan fingerprint density at radius 1 is 1.54 bits per heavy atom. The average molecular weight is 404 g/mol. The fraction of sp³-hybridized carbons (Fsp3) is 0.412. The van der Waals surface area contributed by atoms with Crippen LogP contribution >= 0.6 is 11.8 Å². The van der Waals surface area contributed by atoms with Crippen molar-refractivity contribution in [2.45, 2.75) is 25.7 Å². The van der Waals surface area contributed by atoms with Gasteiger partial charge < -0.3 is 15.4 Å². The van der Waals surface area contributed by atoms with Crippen molar-refractivity contribution in [2.75, 3.05) is 19.4 Å². The lowest BCUT2D eigenvalue weighted by atomic mass is 10.1. The fourth-order valence-electron chi connectivity index (χ4n) is 2.66. The Balaban J connectivity index is 2.44. The molecule has 0 saturated carbocycles. The number of esters is 1. The van der Waals surface area contributed by atoms with E-state index in [-0.39, 0.29) is 25.5 Å². The standard InChI is InChI=1S/C17H20N6O4S/c1-3-27-13(24)10-22(9-12-6-4-5-11(7-12)8-18)16-14(23(25)26)15(19)20-17(21-16)28-2/h4-7,14-15H,3,9-10,19H2,1-2H3. The van der Waals surface area contributed by atoms with Crippen LogP contribution in [0.4, 0.5) is 0 Å². The molecule has 1 aliphatic heterocycles. The highest BCUT2D eigenvalue weighted by molar-refractivity contribution is 8.13. The molecule has 1 aromatic rings. The van der Waals surface area contributed by atoms with Gasteiger partial charge in [0.15, 0.2) is 17.2 Å². The first-order valence-electron chi connectivity index (χ1n) is 8.38. The van der Waals surface area contributed by atoms with Crippen LogP contribution in [0, 0.1) is 21.4 Å². The molecule has 0 radical (unpaired) electrons. The Kier molecular flexibility index (Phi) is 7.48. The van der Waals surface area contributed by atoms with Crippen LogP contribution in [0.5, 0.6) is 0 Å². The van der Waals surface area contributed by atoms with E-state index in [0.717, 1.165) is 0 Å². The summed E-state index contributed by atoms with van der Waals surface area (Å²) in [4.78, 5) is 32.9. The zero-order valence-corrected chi connectivity index (χ0v) is 16.3. The largest absolute Gasteiger partial charge is 0.465 e. The molecule has 2 atom stereocenters. The third-order valence-electron chi connectivity index (χ3n) is 3.85. The molecular formula is C17H20N6O4S. The fourth-order valence-corrected chi connectivity index (χ4v) is 3.07. The number of aliphatic imine (C=N–C) groups is 2. The van der Waals surface area contributed by atoms with Gasteiger partial charge in [-0.15, -0.1) is 0 Å². The van der Waals surface area contributed by atoms with Crippen LogP contribution in [0.25, 0.3) is 0 Å². The van der Waals surface area contributed by atoms with Crippen LogP contribution in [-0.2, 0) is 16.1 Å². The van der Waals surface area contributed by atoms with Gasteiger partial charge in [-0.05, 0) is 30.9 Å². The summed E-state index contributed by atoms with van der Waals surface area (Å²) in [6.07, 6.45) is 0.602. The van der Waals surface area contributed by atoms with Crippen LogP contribution in [0.2, 0.25) is 0 Å². The van der Waals surface area contributed by atoms with Crippen LogP contribution in [-0.4, -0.2) is 58.4 Å². The first-order valence-corrected chi connectivity index (χ1v) is 9.61. The Labute approximate surface area is 166 Å². The van der Waals surface area contributed by atoms with Gasteiger partial charge in [0.25, 0.3) is 0 Å². The maximum Gasteiger partial charge on any atom is 0.325 e. The summed E-state index contributed by atoms with van der Waals surface area (Å²) < 4.78 is 5.00. The molecule has 2 unspecified atom stereocenters. The van der Waals surface area contributed by atoms with E-state index in [1.807, 2.05) is 6.07 Å². The second-order valence-corrected chi connectivity index (χ2v) is 6.55. The van der Waals surface area contributed by atoms with Crippen molar-refractivity contribution in [1.82, 2.24) is 4.90 Å². The van der Waals surface area contributed by atoms with Crippen LogP contribution in [0.3, 0.4) is 0 Å². The van der Waals surface area contributed by atoms with Gasteiger partial charge in [0, 0.05) is 11.5 Å². The molecule has 0 bridgehead atoms. The van der Waals surface area contributed by atoms with Crippen LogP contribution in [0.1, 0.15) is 18.1 Å². The van der Waals surface area contributed by atoms with Gasteiger partial charge in [-0.3, -0.25) is 14.9 Å². The normalized spacial score (nSPS) is 18.5. The number of nitriles is 1. The van der Waals surface area contributed by atoms with E-state index in [4.69, 9.17) is 15.7 Å². The summed E-state index contributed by atoms with van der Waals surface area (Å²) in [7, 11) is 0. The molecule has 0 amide bonds. The van der Waals surface area contributed by atoms with Crippen molar-refractivity contribution in [3.05, 3.63) is 45.5 Å². The molecule has 1 aromatic carbocycles. The minimum Gasteiger partial charge on any atom is -0.465 e. The second-order valence-electron chi connectivity index (χ2n) is 5.78. The van der Waals surface area contributed by atoms with Crippen molar-refractivity contribution in [3.63, 3.8) is 0 Å². The Hall–Kier alpha value is -2.97. The molecule has 0 aliphatic carbocycles. The maximum atomic E-state index is 12.1. The monoisotopic (exact) mass is 404 g/mol. The topological polar surface area (TPSA) is 147 Å². The van der Waals surface area contributed by atoms with Gasteiger partial charge in [0.2, 0.25) is 0 Å². The third-order valence-corrected chi connectivity index (χ3v) is 4.41. The molecular weight excluding hydrogens is 384 g/mol. The van der Waals surface area contributed by atoms with Gasteiger partial charge in [-0.25, -0.2) is 9.98 Å². The zero-order valence-electron chi connectivity index (χ0n) is 15.4. The Bertz CT molecular complexity index is 850. The van der Waals surface area contributed by atoms with Crippen LogP contribution < -0.4 is 5.73 Å². The lowest BCUT2D eigenvalue weighted by Crippen LogP contribution is -2.54. The summed E-state index contributed by atoms with van der Waals surface area (Å²) in [5, 5.41) is 21.0. The summed E-state index contributed by atoms with van der Waals surface area (Å²) in [5.74, 6) is -0.516. The first-order chi connectivity index (χ1) is 13.4. The van der Waals surface area contributed by atoms with Crippen molar-refractivity contribution in [2.24, 2.45) is 15.7 Å². The number of carbonyl (C=O) groups is 1. The van der Waals surface area contributed by atoms with E-state index in [2.05, 4.69) is 9.98 Å². The number of nitrogens with two attached hydrogens (primary N) is 1. The summed E-state index contributed by atoms with van der Waals surface area (Å²) in [5.41, 5.74) is 7.02. The number of benzene rings is 1. The highest BCUT2D eigenvalue weighted by atomic mass is 32.2. The van der Waals surface area contributed by atoms with Crippen molar-refractivity contribution >= 4 is 28.7 Å². The van der Waals surface area contributed by atoms with E-state index in [9.17, 15) is 14.9 Å². The Morgan fingerprint density at radius 2 is 2.29 bits per heavy atom. The highest BCUT2D eigenvalue weighted by Gasteiger charge is 2.41. The number of nitrogens with zero attached hydrogens (tertiary/aromatic N) is 5. The number of hydrogen-bond donors (Lipinski definition) is 1. The number of rotatable bonds is 6. The number of ether oxygens (including phenoxy) is 1. The number of hydrogen-bond acceptors (Lipinski definition) is 10. The molecule has 11 heteroatoms. The van der Waals surface area contributed by atoms with E-state index in [1.165, 1.54) is 16.7 Å². The summed E-state index contributed by atoms with van der Waals surface area (Å²) in [6.45, 7) is 1.72. The minimum atomic E-state index is -1.40. The van der Waals surface area contributed by atoms with Gasteiger partial charge in [-0.1, -0.05) is 23.9 Å². The van der Waals surface area contributed by atoms with Gasteiger partial charge in [0.05, 0.1) is 18.2 Å². The van der Waals surface area contributed by atoms with Gasteiger partial charge in [0.1, 0.15) is 6.54 Å². The first kappa shape index (κ1) is 21.3. The molecule has 0 saturated heterocycles. The molecule has 148 valence electrons. The Morgan fingerprint density at radius 3 is 2.89 bits per heavy atom. The number of thioether (sulfide) groups is 1. The van der Waals surface area contributed by atoms with Crippen molar-refractivity contribution in [1.29, 1.82) is 5.26 Å². The molecule has 28 heavy (non-hydrogen) atoms. The molecule has 0 spiro atoms. The maximum absolute atomic E-state index is 12.1. The number of amidine groups is 2. The van der Waals surface area contributed by atoms with E-state index in [0.29, 0.717) is 16.3 Å². The van der Waals surface area contributed by atoms with Crippen LogP contribution in [0.15, 0.2) is 34.3 Å². The van der Waals surface area contributed by atoms with Crippen molar-refractivity contribution < 1.29 is 14.5 Å². The highest BCUT2D eigenvalue weighted by Crippen LogP contribution is 2.18. The summed E-state index contributed by atoms with van der Waals surface area (Å²) in [6, 6.07) is 7.39. The molecule has 0 fully saturated rings. The van der Waals surface area contributed by atoms with E-state index in [1.54, 1.807) is 37.4 Å². The summed E-state index contributed by atoms with van der Waals surface area (Å²) >= 11 is 1.20. The molecule has 0 aromatic heterocycles. The smallest absolute Gasteiger partial charge is 0.325 e. The van der Waals surface area contributed by atoms with E-state index >= 15 is 0 Å². The predicted molar refractivity (Wildman–Crippen MR) is 105 cm³/mol. The average Bonchev–Trinajstić information content (AvgIpc) is 2.66. The third kappa shape index (κ3) is 5.28. The van der Waals surface area contributed by atoms with Gasteiger partial charge in [-0.2, -0.15) is 5.26 Å². The second kappa shape index (κ2) is 9.82. The molecule has 2 rings (SSSR count). The lowest BCUT2D eigenvalue weighted by Gasteiger charge is -2.30. The van der Waals surface area contributed by atoms with Gasteiger partial charge >= 0.3 is 12.0 Å². The molecule has 1 heterocycles. The molecule has 10 nitrogen and oxygen atoms in total. The quantitative estimate of drug-likeness (QED) is 0.419. The minimum absolute atomic E-state index is 0.0345. The molecule has 2 N–H and O–H groups in total. The zero-order chi connectivity index (χ0) is 20.7.